The van der Waals surface area contributed by atoms with Gasteiger partial charge in [-0.2, -0.15) is 0 Å². The van der Waals surface area contributed by atoms with Gasteiger partial charge in [-0.15, -0.1) is 0 Å². The molecule has 0 fully saturated rings. The van der Waals surface area contributed by atoms with Crippen LogP contribution in [-0.2, 0) is 0 Å². The Labute approximate surface area is 199 Å². The van der Waals surface area contributed by atoms with Crippen molar-refractivity contribution < 1.29 is 9.52 Å². The largest absolute Gasteiger partial charge is 0.508 e. The third-order valence-corrected chi connectivity index (χ3v) is 6.72. The Morgan fingerprint density at radius 2 is 1.40 bits per heavy atom. The Morgan fingerprint density at radius 1 is 0.629 bits per heavy atom. The van der Waals surface area contributed by atoms with Crippen molar-refractivity contribution in [2.45, 2.75) is 0 Å². The molecule has 0 radical (unpaired) electrons. The quantitative estimate of drug-likeness (QED) is 0.219. The van der Waals surface area contributed by atoms with Crippen LogP contribution in [0.25, 0.3) is 60.4 Å². The summed E-state index contributed by atoms with van der Waals surface area (Å²) in [4.78, 5) is 12.7. The number of aromatic hydroxyl groups is 1. The van der Waals surface area contributed by atoms with Crippen LogP contribution in [0.2, 0.25) is 0 Å². The molecule has 7 aromatic rings. The number of hydrogen-bond acceptors (Lipinski definition) is 3. The summed E-state index contributed by atoms with van der Waals surface area (Å²) in [5.41, 5.74) is 5.47. The van der Waals surface area contributed by atoms with Crippen LogP contribution < -0.4 is 5.63 Å². The van der Waals surface area contributed by atoms with E-state index in [9.17, 15) is 9.90 Å². The minimum atomic E-state index is -0.459. The van der Waals surface area contributed by atoms with Gasteiger partial charge in [0, 0.05) is 27.2 Å². The maximum Gasteiger partial charge on any atom is 0.344 e. The van der Waals surface area contributed by atoms with Gasteiger partial charge in [-0.3, -0.25) is 0 Å². The molecule has 2 heterocycles. The highest BCUT2D eigenvalue weighted by Crippen LogP contribution is 2.39. The Hall–Kier alpha value is -4.83. The molecule has 35 heavy (non-hydrogen) atoms. The zero-order valence-corrected chi connectivity index (χ0v) is 18.6. The first-order valence-corrected chi connectivity index (χ1v) is 11.5. The Kier molecular flexibility index (Phi) is 4.11. The number of nitrogens with zero attached hydrogens (tertiary/aromatic N) is 1. The van der Waals surface area contributed by atoms with Crippen molar-refractivity contribution in [3.05, 3.63) is 120 Å². The van der Waals surface area contributed by atoms with Gasteiger partial charge in [0.2, 0.25) is 0 Å². The van der Waals surface area contributed by atoms with Crippen molar-refractivity contribution in [3.8, 4) is 22.6 Å². The molecule has 0 unspecified atom stereocenters. The molecule has 4 heteroatoms. The van der Waals surface area contributed by atoms with Crippen molar-refractivity contribution >= 4 is 43.5 Å². The van der Waals surface area contributed by atoms with E-state index in [1.54, 1.807) is 12.1 Å². The zero-order chi connectivity index (χ0) is 23.5. The summed E-state index contributed by atoms with van der Waals surface area (Å²) in [7, 11) is 0. The van der Waals surface area contributed by atoms with Crippen molar-refractivity contribution in [3.63, 3.8) is 0 Å². The molecule has 0 amide bonds. The molecule has 0 saturated heterocycles. The van der Waals surface area contributed by atoms with Gasteiger partial charge in [0.15, 0.2) is 0 Å². The molecule has 5 aromatic carbocycles. The fraction of sp³-hybridized carbons (Fsp3) is 0. The van der Waals surface area contributed by atoms with Gasteiger partial charge in [-0.1, -0.05) is 54.6 Å². The lowest BCUT2D eigenvalue weighted by Gasteiger charge is -2.09. The van der Waals surface area contributed by atoms with Crippen LogP contribution in [0.5, 0.6) is 5.75 Å². The summed E-state index contributed by atoms with van der Waals surface area (Å²) in [6.07, 6.45) is 0. The fourth-order valence-electron chi connectivity index (χ4n) is 5.20. The van der Waals surface area contributed by atoms with Gasteiger partial charge < -0.3 is 14.1 Å². The molecular formula is C31H19NO3. The topological polar surface area (TPSA) is 55.4 Å². The van der Waals surface area contributed by atoms with E-state index < -0.39 is 5.63 Å². The second-order valence-corrected chi connectivity index (χ2v) is 8.72. The second-order valence-electron chi connectivity index (χ2n) is 8.72. The van der Waals surface area contributed by atoms with Crippen molar-refractivity contribution in [1.82, 2.24) is 4.57 Å². The molecule has 1 N–H and O–H groups in total. The summed E-state index contributed by atoms with van der Waals surface area (Å²) in [5.74, 6) is 0.0438. The molecule has 2 aromatic heterocycles. The smallest absolute Gasteiger partial charge is 0.344 e. The van der Waals surface area contributed by atoms with Crippen molar-refractivity contribution in [2.24, 2.45) is 0 Å². The number of hydrogen-bond donors (Lipinski definition) is 1. The third-order valence-electron chi connectivity index (χ3n) is 6.72. The molecule has 0 spiro atoms. The summed E-state index contributed by atoms with van der Waals surface area (Å²) in [6, 6.07) is 35.9. The highest BCUT2D eigenvalue weighted by Gasteiger charge is 2.17. The minimum absolute atomic E-state index is 0.0438. The molecule has 4 nitrogen and oxygen atoms in total. The van der Waals surface area contributed by atoms with Gasteiger partial charge in [-0.25, -0.2) is 4.79 Å². The number of rotatable bonds is 2. The molecule has 7 rings (SSSR count). The predicted octanol–water partition coefficient (Wildman–Crippen LogP) is 7.42. The molecule has 0 aliphatic carbocycles. The number of phenolic OH excluding ortho intramolecular Hbond substituents is 1. The number of aromatic nitrogens is 1. The summed E-state index contributed by atoms with van der Waals surface area (Å²) in [5, 5.41) is 14.1. The van der Waals surface area contributed by atoms with Crippen LogP contribution in [0, 0.1) is 0 Å². The lowest BCUT2D eigenvalue weighted by Crippen LogP contribution is -1.99. The van der Waals surface area contributed by atoms with Crippen LogP contribution in [0.4, 0.5) is 0 Å². The normalized spacial score (nSPS) is 11.7. The Balaban J connectivity index is 1.54. The first-order chi connectivity index (χ1) is 17.2. The lowest BCUT2D eigenvalue weighted by molar-refractivity contribution is 0.475. The van der Waals surface area contributed by atoms with E-state index in [1.165, 1.54) is 6.07 Å². The molecule has 0 aliphatic heterocycles. The molecule has 0 aliphatic rings. The molecule has 0 saturated carbocycles. The van der Waals surface area contributed by atoms with Crippen LogP contribution in [-0.4, -0.2) is 9.67 Å². The monoisotopic (exact) mass is 453 g/mol. The van der Waals surface area contributed by atoms with Crippen molar-refractivity contribution in [2.75, 3.05) is 0 Å². The van der Waals surface area contributed by atoms with Crippen molar-refractivity contribution in [1.29, 1.82) is 0 Å². The molecule has 0 atom stereocenters. The molecular weight excluding hydrogens is 434 g/mol. The first kappa shape index (κ1) is 19.6. The second kappa shape index (κ2) is 7.34. The van der Waals surface area contributed by atoms with Gasteiger partial charge in [0.1, 0.15) is 11.3 Å². The van der Waals surface area contributed by atoms with E-state index in [0.717, 1.165) is 49.4 Å². The number of para-hydroxylation sites is 2. The average molecular weight is 453 g/mol. The average Bonchev–Trinajstić information content (AvgIpc) is 3.24. The van der Waals surface area contributed by atoms with E-state index in [-0.39, 0.29) is 5.75 Å². The van der Waals surface area contributed by atoms with Crippen LogP contribution in [0.1, 0.15) is 0 Å². The standard InChI is InChI=1S/C31H19NO3/c33-21-14-16-23-24-15-13-19(17-29(24)35-31(34)26(23)18-21)22-10-6-12-28-30(22)25-9-4-5-11-27(25)32(28)20-7-2-1-3-8-20/h1-18,33H. The van der Waals surface area contributed by atoms with Crippen LogP contribution >= 0.6 is 0 Å². The van der Waals surface area contributed by atoms with E-state index in [2.05, 4.69) is 77.4 Å². The van der Waals surface area contributed by atoms with Gasteiger partial charge in [-0.05, 0) is 65.7 Å². The van der Waals surface area contributed by atoms with E-state index in [1.807, 2.05) is 18.2 Å². The SMILES string of the molecule is O=c1oc2cc(-c3cccc4c3c3ccccc3n4-c3ccccc3)ccc2c2ccc(O)cc12. The highest BCUT2D eigenvalue weighted by molar-refractivity contribution is 6.16. The van der Waals surface area contributed by atoms with Gasteiger partial charge >= 0.3 is 5.63 Å². The summed E-state index contributed by atoms with van der Waals surface area (Å²) in [6.45, 7) is 0. The number of fused-ring (bicyclic) bond motifs is 6. The zero-order valence-electron chi connectivity index (χ0n) is 18.6. The van der Waals surface area contributed by atoms with E-state index >= 15 is 0 Å². The third kappa shape index (κ3) is 2.90. The fourth-order valence-corrected chi connectivity index (χ4v) is 5.20. The van der Waals surface area contributed by atoms with Crippen LogP contribution in [0.15, 0.2) is 118 Å². The maximum absolute atomic E-state index is 12.7. The Morgan fingerprint density at radius 3 is 2.29 bits per heavy atom. The number of benzene rings is 5. The highest BCUT2D eigenvalue weighted by atomic mass is 16.4. The van der Waals surface area contributed by atoms with Gasteiger partial charge in [0.25, 0.3) is 0 Å². The maximum atomic E-state index is 12.7. The lowest BCUT2D eigenvalue weighted by atomic mass is 9.97. The molecule has 166 valence electrons. The first-order valence-electron chi connectivity index (χ1n) is 11.5. The number of phenols is 1. The van der Waals surface area contributed by atoms with E-state index in [0.29, 0.717) is 11.0 Å². The molecule has 0 bridgehead atoms. The van der Waals surface area contributed by atoms with E-state index in [4.69, 9.17) is 4.42 Å². The minimum Gasteiger partial charge on any atom is -0.508 e. The predicted molar refractivity (Wildman–Crippen MR) is 141 cm³/mol. The summed E-state index contributed by atoms with van der Waals surface area (Å²) >= 11 is 0. The summed E-state index contributed by atoms with van der Waals surface area (Å²) < 4.78 is 7.98. The van der Waals surface area contributed by atoms with Gasteiger partial charge in [0.05, 0.1) is 16.4 Å². The van der Waals surface area contributed by atoms with Crippen LogP contribution in [0.3, 0.4) is 0 Å². The Bertz CT molecular complexity index is 1980.